The smallest absolute Gasteiger partial charge is 0.349 e. The molecule has 0 bridgehead atoms. The summed E-state index contributed by atoms with van der Waals surface area (Å²) >= 11 is 0. The fourth-order valence-corrected chi connectivity index (χ4v) is 3.74. The van der Waals surface area contributed by atoms with E-state index in [1.165, 1.54) is 7.11 Å². The Morgan fingerprint density at radius 3 is 2.46 bits per heavy atom. The van der Waals surface area contributed by atoms with Crippen LogP contribution < -0.4 is 15.1 Å². The van der Waals surface area contributed by atoms with Gasteiger partial charge in [-0.1, -0.05) is 30.3 Å². The summed E-state index contributed by atoms with van der Waals surface area (Å²) in [5.41, 5.74) is 1.97. The monoisotopic (exact) mass is 380 g/mol. The van der Waals surface area contributed by atoms with Crippen LogP contribution in [-0.4, -0.2) is 18.2 Å². The number of carboxylic acid groups (broad SMARTS) is 1. The van der Waals surface area contributed by atoms with Crippen molar-refractivity contribution in [2.24, 2.45) is 0 Å². The van der Waals surface area contributed by atoms with Crippen LogP contribution >= 0.6 is 0 Å². The van der Waals surface area contributed by atoms with E-state index in [0.29, 0.717) is 23.3 Å². The van der Waals surface area contributed by atoms with Crippen molar-refractivity contribution < 1.29 is 23.8 Å². The van der Waals surface area contributed by atoms with Crippen molar-refractivity contribution in [2.45, 2.75) is 31.8 Å². The van der Waals surface area contributed by atoms with Crippen LogP contribution in [0.4, 0.5) is 0 Å². The molecule has 28 heavy (non-hydrogen) atoms. The summed E-state index contributed by atoms with van der Waals surface area (Å²) in [4.78, 5) is 24.4. The molecule has 0 fully saturated rings. The van der Waals surface area contributed by atoms with Crippen molar-refractivity contribution in [2.75, 3.05) is 7.11 Å². The molecular weight excluding hydrogens is 360 g/mol. The van der Waals surface area contributed by atoms with Gasteiger partial charge in [0, 0.05) is 16.5 Å². The topological polar surface area (TPSA) is 86.0 Å². The molecule has 1 N–H and O–H groups in total. The quantitative estimate of drug-likeness (QED) is 0.676. The average molecular weight is 380 g/mol. The van der Waals surface area contributed by atoms with Gasteiger partial charge in [-0.05, 0) is 43.4 Å². The number of hydrogen-bond donors (Lipinski definition) is 1. The highest BCUT2D eigenvalue weighted by Gasteiger charge is 2.27. The lowest BCUT2D eigenvalue weighted by Gasteiger charge is -2.21. The maximum absolute atomic E-state index is 12.5. The lowest BCUT2D eigenvalue weighted by molar-refractivity contribution is -0.145. The summed E-state index contributed by atoms with van der Waals surface area (Å²) < 4.78 is 16.9. The second-order valence-electron chi connectivity index (χ2n) is 6.77. The first-order chi connectivity index (χ1) is 13.6. The fraction of sp³-hybridized carbons (Fsp3) is 0.273. The second-order valence-corrected chi connectivity index (χ2v) is 6.77. The Balaban J connectivity index is 1.91. The van der Waals surface area contributed by atoms with Crippen molar-refractivity contribution in [3.63, 3.8) is 0 Å². The van der Waals surface area contributed by atoms with Gasteiger partial charge in [0.05, 0.1) is 7.11 Å². The molecule has 0 aliphatic heterocycles. The van der Waals surface area contributed by atoms with Gasteiger partial charge in [0.25, 0.3) is 0 Å². The van der Waals surface area contributed by atoms with Crippen LogP contribution in [0.15, 0.2) is 51.7 Å². The summed E-state index contributed by atoms with van der Waals surface area (Å²) in [5.74, 6) is -0.708. The molecule has 6 heteroatoms. The highest BCUT2D eigenvalue weighted by Crippen LogP contribution is 2.40. The molecule has 2 aromatic carbocycles. The standard InChI is InChI=1S/C22H20O6/c1-26-17-12-11-15-14-9-5-6-10-16(14)22(25)28-19(15)20(17)27-18(21(23)24)13-7-3-2-4-8-13/h2-4,7-8,11-12,18H,5-6,9-10H2,1H3,(H,23,24)/t18-/m1/s1. The largest absolute Gasteiger partial charge is 0.493 e. The number of carboxylic acids is 1. The third-order valence-corrected chi connectivity index (χ3v) is 5.09. The van der Waals surface area contributed by atoms with E-state index >= 15 is 0 Å². The molecular formula is C22H20O6. The zero-order valence-corrected chi connectivity index (χ0v) is 15.4. The van der Waals surface area contributed by atoms with E-state index in [1.54, 1.807) is 36.4 Å². The Labute approximate surface area is 161 Å². The van der Waals surface area contributed by atoms with Crippen molar-refractivity contribution in [3.8, 4) is 11.5 Å². The molecule has 0 saturated heterocycles. The fourth-order valence-electron chi connectivity index (χ4n) is 3.74. The number of hydrogen-bond acceptors (Lipinski definition) is 5. The number of aryl methyl sites for hydroxylation is 1. The van der Waals surface area contributed by atoms with E-state index in [-0.39, 0.29) is 11.3 Å². The predicted molar refractivity (Wildman–Crippen MR) is 103 cm³/mol. The Morgan fingerprint density at radius 2 is 1.79 bits per heavy atom. The SMILES string of the molecule is COc1ccc2c3c(c(=O)oc2c1O[C@@H](C(=O)O)c1ccccc1)CCCC3. The number of carbonyl (C=O) groups is 1. The number of fused-ring (bicyclic) bond motifs is 3. The number of aliphatic carboxylic acids is 1. The molecule has 4 rings (SSSR count). The Hall–Kier alpha value is -3.28. The van der Waals surface area contributed by atoms with Crippen molar-refractivity contribution in [1.29, 1.82) is 0 Å². The van der Waals surface area contributed by atoms with E-state index in [4.69, 9.17) is 13.9 Å². The third kappa shape index (κ3) is 3.11. The van der Waals surface area contributed by atoms with Crippen LogP contribution in [-0.2, 0) is 17.6 Å². The zero-order chi connectivity index (χ0) is 19.7. The van der Waals surface area contributed by atoms with Crippen LogP contribution in [0.3, 0.4) is 0 Å². The van der Waals surface area contributed by atoms with Gasteiger partial charge in [-0.2, -0.15) is 0 Å². The van der Waals surface area contributed by atoms with Crippen LogP contribution in [0.1, 0.15) is 35.6 Å². The van der Waals surface area contributed by atoms with Gasteiger partial charge in [0.1, 0.15) is 0 Å². The zero-order valence-electron chi connectivity index (χ0n) is 15.4. The van der Waals surface area contributed by atoms with Crippen LogP contribution in [0, 0.1) is 0 Å². The van der Waals surface area contributed by atoms with Crippen LogP contribution in [0.5, 0.6) is 11.5 Å². The minimum atomic E-state index is -1.26. The van der Waals surface area contributed by atoms with E-state index in [2.05, 4.69) is 0 Å². The lowest BCUT2D eigenvalue weighted by Crippen LogP contribution is -2.20. The highest BCUT2D eigenvalue weighted by molar-refractivity contribution is 5.89. The summed E-state index contributed by atoms with van der Waals surface area (Å²) in [6, 6.07) is 12.2. The molecule has 0 saturated carbocycles. The normalized spacial score (nSPS) is 14.3. The molecule has 144 valence electrons. The highest BCUT2D eigenvalue weighted by atomic mass is 16.5. The summed E-state index contributed by atoms with van der Waals surface area (Å²) in [7, 11) is 1.46. The minimum absolute atomic E-state index is 0.127. The van der Waals surface area contributed by atoms with Gasteiger partial charge in [-0.25, -0.2) is 9.59 Å². The van der Waals surface area contributed by atoms with Gasteiger partial charge in [0.15, 0.2) is 11.3 Å². The van der Waals surface area contributed by atoms with Gasteiger partial charge >= 0.3 is 11.6 Å². The molecule has 6 nitrogen and oxygen atoms in total. The van der Waals surface area contributed by atoms with E-state index in [9.17, 15) is 14.7 Å². The molecule has 1 aliphatic rings. The second kappa shape index (κ2) is 7.38. The molecule has 0 amide bonds. The maximum atomic E-state index is 12.5. The first-order valence-corrected chi connectivity index (χ1v) is 9.20. The Kier molecular flexibility index (Phi) is 4.77. The van der Waals surface area contributed by atoms with Crippen molar-refractivity contribution in [1.82, 2.24) is 0 Å². The van der Waals surface area contributed by atoms with Crippen LogP contribution in [0.25, 0.3) is 11.0 Å². The minimum Gasteiger partial charge on any atom is -0.493 e. The molecule has 0 spiro atoms. The predicted octanol–water partition coefficient (Wildman–Crippen LogP) is 3.89. The molecule has 0 unspecified atom stereocenters. The first-order valence-electron chi connectivity index (χ1n) is 9.20. The maximum Gasteiger partial charge on any atom is 0.349 e. The molecule has 1 aliphatic carbocycles. The summed E-state index contributed by atoms with van der Waals surface area (Å²) in [6.45, 7) is 0. The van der Waals surface area contributed by atoms with Gasteiger partial charge in [0.2, 0.25) is 11.9 Å². The van der Waals surface area contributed by atoms with E-state index in [1.807, 2.05) is 6.07 Å². The summed E-state index contributed by atoms with van der Waals surface area (Å²) in [5, 5.41) is 10.5. The third-order valence-electron chi connectivity index (χ3n) is 5.09. The number of ether oxygens (including phenoxy) is 2. The molecule has 1 aromatic heterocycles. The number of benzene rings is 2. The van der Waals surface area contributed by atoms with E-state index in [0.717, 1.165) is 30.2 Å². The van der Waals surface area contributed by atoms with Gasteiger partial charge in [-0.15, -0.1) is 0 Å². The molecule has 0 radical (unpaired) electrons. The Bertz CT molecular complexity index is 1080. The lowest BCUT2D eigenvalue weighted by atomic mass is 9.90. The Morgan fingerprint density at radius 1 is 1.07 bits per heavy atom. The summed E-state index contributed by atoms with van der Waals surface area (Å²) in [6.07, 6.45) is 2.16. The first kappa shape index (κ1) is 18.1. The van der Waals surface area contributed by atoms with Gasteiger partial charge < -0.3 is 19.0 Å². The van der Waals surface area contributed by atoms with Crippen molar-refractivity contribution in [3.05, 3.63) is 69.6 Å². The number of methoxy groups -OCH3 is 1. The van der Waals surface area contributed by atoms with Crippen LogP contribution in [0.2, 0.25) is 0 Å². The van der Waals surface area contributed by atoms with Gasteiger partial charge in [-0.3, -0.25) is 0 Å². The number of rotatable bonds is 5. The molecule has 1 atom stereocenters. The average Bonchev–Trinajstić information content (AvgIpc) is 2.72. The molecule has 1 heterocycles. The van der Waals surface area contributed by atoms with Crippen molar-refractivity contribution >= 4 is 16.9 Å². The van der Waals surface area contributed by atoms with E-state index < -0.39 is 17.7 Å². The molecule has 3 aromatic rings.